The molecule has 1 aromatic carbocycles. The van der Waals surface area contributed by atoms with Crippen LogP contribution in [0, 0.1) is 0 Å². The first-order chi connectivity index (χ1) is 10.1. The Morgan fingerprint density at radius 2 is 1.62 bits per heavy atom. The molecule has 1 unspecified atom stereocenters. The van der Waals surface area contributed by atoms with Crippen LogP contribution in [0.1, 0.15) is 27.6 Å². The summed E-state index contributed by atoms with van der Waals surface area (Å²) in [6.45, 7) is 4.30. The van der Waals surface area contributed by atoms with Crippen molar-refractivity contribution in [2.24, 2.45) is 0 Å². The predicted octanol–water partition coefficient (Wildman–Crippen LogP) is 0.103. The number of piperazine rings is 1. The molecule has 0 radical (unpaired) electrons. The molecule has 6 nitrogen and oxygen atoms in total. The second-order valence-corrected chi connectivity index (χ2v) is 5.28. The van der Waals surface area contributed by atoms with Crippen LogP contribution in [0.5, 0.6) is 0 Å². The molecule has 1 N–H and O–H groups in total. The molecule has 21 heavy (non-hydrogen) atoms. The quantitative estimate of drug-likeness (QED) is 0.783. The molecule has 1 saturated heterocycles. The van der Waals surface area contributed by atoms with Crippen LogP contribution in [-0.2, 0) is 4.79 Å². The third kappa shape index (κ3) is 2.21. The Labute approximate surface area is 122 Å². The van der Waals surface area contributed by atoms with E-state index in [1.54, 1.807) is 36.1 Å². The Balaban J connectivity index is 1.83. The lowest BCUT2D eigenvalue weighted by molar-refractivity contribution is -0.135. The van der Waals surface area contributed by atoms with Gasteiger partial charge in [0.1, 0.15) is 6.04 Å². The van der Waals surface area contributed by atoms with E-state index in [0.717, 1.165) is 18.0 Å². The SMILES string of the molecule is CC(C(=O)N1CCNCC1)N1C(=O)c2ccccc2C1=O. The molecule has 3 amide bonds. The highest BCUT2D eigenvalue weighted by Crippen LogP contribution is 2.25. The minimum absolute atomic E-state index is 0.175. The standard InChI is InChI=1S/C15H17N3O3/c1-10(13(19)17-8-6-16-7-9-17)18-14(20)11-4-2-3-5-12(11)15(18)21/h2-5,10,16H,6-9H2,1H3. The van der Waals surface area contributed by atoms with Gasteiger partial charge in [-0.25, -0.2) is 0 Å². The summed E-state index contributed by atoms with van der Waals surface area (Å²) in [4.78, 5) is 40.0. The Bertz CT molecular complexity index is 573. The first kappa shape index (κ1) is 13.8. The topological polar surface area (TPSA) is 69.7 Å². The molecule has 0 aromatic heterocycles. The van der Waals surface area contributed by atoms with Crippen molar-refractivity contribution in [3.05, 3.63) is 35.4 Å². The van der Waals surface area contributed by atoms with Crippen LogP contribution in [0.4, 0.5) is 0 Å². The zero-order valence-electron chi connectivity index (χ0n) is 11.8. The molecule has 110 valence electrons. The number of rotatable bonds is 2. The number of carbonyl (C=O) groups is 3. The van der Waals surface area contributed by atoms with E-state index < -0.39 is 6.04 Å². The Morgan fingerprint density at radius 1 is 1.10 bits per heavy atom. The van der Waals surface area contributed by atoms with Crippen LogP contribution in [0.15, 0.2) is 24.3 Å². The zero-order chi connectivity index (χ0) is 15.0. The summed E-state index contributed by atoms with van der Waals surface area (Å²) in [5.41, 5.74) is 0.755. The molecule has 2 heterocycles. The normalized spacial score (nSPS) is 19.7. The van der Waals surface area contributed by atoms with E-state index in [0.29, 0.717) is 24.2 Å². The second kappa shape index (κ2) is 5.29. The molecule has 0 saturated carbocycles. The Hall–Kier alpha value is -2.21. The lowest BCUT2D eigenvalue weighted by atomic mass is 10.1. The number of nitrogens with one attached hydrogen (secondary N) is 1. The van der Waals surface area contributed by atoms with Gasteiger partial charge in [0.05, 0.1) is 11.1 Å². The molecule has 2 aliphatic heterocycles. The Kier molecular flexibility index (Phi) is 3.47. The van der Waals surface area contributed by atoms with Crippen LogP contribution in [0.25, 0.3) is 0 Å². The molecule has 0 spiro atoms. The van der Waals surface area contributed by atoms with Gasteiger partial charge in [-0.3, -0.25) is 19.3 Å². The molecule has 1 aromatic rings. The van der Waals surface area contributed by atoms with E-state index in [4.69, 9.17) is 0 Å². The van der Waals surface area contributed by atoms with Gasteiger partial charge in [-0.2, -0.15) is 0 Å². The average Bonchev–Trinajstić information content (AvgIpc) is 2.79. The number of fused-ring (bicyclic) bond motifs is 1. The number of hydrogen-bond acceptors (Lipinski definition) is 4. The molecular weight excluding hydrogens is 270 g/mol. The minimum Gasteiger partial charge on any atom is -0.338 e. The Morgan fingerprint density at radius 3 is 2.14 bits per heavy atom. The summed E-state index contributed by atoms with van der Waals surface area (Å²) in [6, 6.07) is 5.91. The van der Waals surface area contributed by atoms with Crippen LogP contribution in [0.3, 0.4) is 0 Å². The van der Waals surface area contributed by atoms with Crippen molar-refractivity contribution in [2.75, 3.05) is 26.2 Å². The smallest absolute Gasteiger partial charge is 0.262 e. The molecule has 0 aliphatic carbocycles. The van der Waals surface area contributed by atoms with Gasteiger partial charge in [-0.15, -0.1) is 0 Å². The van der Waals surface area contributed by atoms with E-state index in [-0.39, 0.29) is 17.7 Å². The van der Waals surface area contributed by atoms with Gasteiger partial charge in [0, 0.05) is 26.2 Å². The van der Waals surface area contributed by atoms with E-state index in [9.17, 15) is 14.4 Å². The van der Waals surface area contributed by atoms with Crippen molar-refractivity contribution in [3.63, 3.8) is 0 Å². The summed E-state index contributed by atoms with van der Waals surface area (Å²) in [5, 5.41) is 3.17. The van der Waals surface area contributed by atoms with E-state index in [1.807, 2.05) is 0 Å². The van der Waals surface area contributed by atoms with Gasteiger partial charge in [0.15, 0.2) is 0 Å². The van der Waals surface area contributed by atoms with E-state index >= 15 is 0 Å². The average molecular weight is 287 g/mol. The highest BCUT2D eigenvalue weighted by atomic mass is 16.2. The highest BCUT2D eigenvalue weighted by molar-refractivity contribution is 6.22. The summed E-state index contributed by atoms with van der Waals surface area (Å²) in [6.07, 6.45) is 0. The van der Waals surface area contributed by atoms with Gasteiger partial charge in [-0.1, -0.05) is 12.1 Å². The number of benzene rings is 1. The van der Waals surface area contributed by atoms with Crippen molar-refractivity contribution < 1.29 is 14.4 Å². The van der Waals surface area contributed by atoms with E-state index in [2.05, 4.69) is 5.32 Å². The number of hydrogen-bond donors (Lipinski definition) is 1. The molecule has 6 heteroatoms. The summed E-state index contributed by atoms with van der Waals surface area (Å²) >= 11 is 0. The first-order valence-corrected chi connectivity index (χ1v) is 7.07. The van der Waals surface area contributed by atoms with Gasteiger partial charge in [0.25, 0.3) is 11.8 Å². The predicted molar refractivity (Wildman–Crippen MR) is 75.9 cm³/mol. The maximum absolute atomic E-state index is 12.5. The largest absolute Gasteiger partial charge is 0.338 e. The number of imide groups is 1. The van der Waals surface area contributed by atoms with Crippen molar-refractivity contribution in [2.45, 2.75) is 13.0 Å². The summed E-state index contributed by atoms with van der Waals surface area (Å²) < 4.78 is 0. The van der Waals surface area contributed by atoms with Crippen LogP contribution in [0.2, 0.25) is 0 Å². The van der Waals surface area contributed by atoms with E-state index in [1.165, 1.54) is 0 Å². The maximum Gasteiger partial charge on any atom is 0.262 e. The first-order valence-electron chi connectivity index (χ1n) is 7.07. The molecule has 1 atom stereocenters. The fraction of sp³-hybridized carbons (Fsp3) is 0.400. The van der Waals surface area contributed by atoms with Crippen molar-refractivity contribution in [1.82, 2.24) is 15.1 Å². The fourth-order valence-electron chi connectivity index (χ4n) is 2.82. The van der Waals surface area contributed by atoms with Crippen LogP contribution in [-0.4, -0.2) is 59.7 Å². The van der Waals surface area contributed by atoms with Crippen molar-refractivity contribution in [1.29, 1.82) is 0 Å². The van der Waals surface area contributed by atoms with Crippen LogP contribution < -0.4 is 5.32 Å². The van der Waals surface area contributed by atoms with Crippen molar-refractivity contribution in [3.8, 4) is 0 Å². The molecule has 3 rings (SSSR count). The van der Waals surface area contributed by atoms with Gasteiger partial charge < -0.3 is 10.2 Å². The minimum atomic E-state index is -0.768. The lowest BCUT2D eigenvalue weighted by Crippen LogP contribution is -2.54. The zero-order valence-corrected chi connectivity index (χ0v) is 11.8. The summed E-state index contributed by atoms with van der Waals surface area (Å²) in [5.74, 6) is -0.941. The molecular formula is C15H17N3O3. The third-order valence-corrected chi connectivity index (χ3v) is 4.00. The number of nitrogens with zero attached hydrogens (tertiary/aromatic N) is 2. The molecule has 2 aliphatic rings. The van der Waals surface area contributed by atoms with Gasteiger partial charge >= 0.3 is 0 Å². The fourth-order valence-corrected chi connectivity index (χ4v) is 2.82. The van der Waals surface area contributed by atoms with Crippen LogP contribution >= 0.6 is 0 Å². The monoisotopic (exact) mass is 287 g/mol. The number of carbonyl (C=O) groups excluding carboxylic acids is 3. The van der Waals surface area contributed by atoms with Gasteiger partial charge in [-0.05, 0) is 19.1 Å². The maximum atomic E-state index is 12.5. The second-order valence-electron chi connectivity index (χ2n) is 5.28. The highest BCUT2D eigenvalue weighted by Gasteiger charge is 2.41. The summed E-state index contributed by atoms with van der Waals surface area (Å²) in [7, 11) is 0. The third-order valence-electron chi connectivity index (χ3n) is 4.00. The molecule has 0 bridgehead atoms. The van der Waals surface area contributed by atoms with Crippen molar-refractivity contribution >= 4 is 17.7 Å². The molecule has 1 fully saturated rings. The number of amides is 3. The lowest BCUT2D eigenvalue weighted by Gasteiger charge is -2.32. The van der Waals surface area contributed by atoms with Gasteiger partial charge in [0.2, 0.25) is 5.91 Å².